The minimum Gasteiger partial charge on any atom is -0.383 e. The summed E-state index contributed by atoms with van der Waals surface area (Å²) in [6.45, 7) is 0.846. The Bertz CT molecular complexity index is 269. The molecule has 1 aromatic heterocycles. The Hall–Kier alpha value is -1.09. The van der Waals surface area contributed by atoms with Crippen LogP contribution in [0, 0.1) is 0 Å². The minimum atomic E-state index is 0.179. The molecule has 0 aromatic carbocycles. The Balaban J connectivity index is 2.26. The molecule has 2 N–H and O–H groups in total. The van der Waals surface area contributed by atoms with E-state index in [0.29, 0.717) is 5.82 Å². The van der Waals surface area contributed by atoms with Gasteiger partial charge in [0.2, 0.25) is 0 Å². The van der Waals surface area contributed by atoms with Crippen LogP contribution in [0.25, 0.3) is 0 Å². The highest BCUT2D eigenvalue weighted by atomic mass is 16.5. The van der Waals surface area contributed by atoms with Crippen LogP contribution in [0.3, 0.4) is 0 Å². The van der Waals surface area contributed by atoms with Crippen molar-refractivity contribution in [1.82, 2.24) is 4.98 Å². The second kappa shape index (κ2) is 3.11. The van der Waals surface area contributed by atoms with E-state index in [1.54, 1.807) is 6.20 Å². The molecular weight excluding hydrogens is 152 g/mol. The number of hydrogen-bond donors (Lipinski definition) is 1. The third-order valence-corrected chi connectivity index (χ3v) is 2.15. The van der Waals surface area contributed by atoms with E-state index in [2.05, 4.69) is 4.98 Å². The van der Waals surface area contributed by atoms with E-state index in [-0.39, 0.29) is 6.10 Å². The SMILES string of the molecule is Nc1ncccc1C1CCCO1. The van der Waals surface area contributed by atoms with Gasteiger partial charge < -0.3 is 10.5 Å². The average molecular weight is 164 g/mol. The highest BCUT2D eigenvalue weighted by Crippen LogP contribution is 2.30. The summed E-state index contributed by atoms with van der Waals surface area (Å²) in [5, 5.41) is 0. The largest absolute Gasteiger partial charge is 0.383 e. The van der Waals surface area contributed by atoms with Crippen molar-refractivity contribution in [2.24, 2.45) is 0 Å². The molecule has 0 saturated carbocycles. The Morgan fingerprint density at radius 1 is 1.58 bits per heavy atom. The number of nitrogen functional groups attached to an aromatic ring is 1. The number of pyridine rings is 1. The van der Waals surface area contributed by atoms with Crippen molar-refractivity contribution in [2.45, 2.75) is 18.9 Å². The first-order valence-electron chi connectivity index (χ1n) is 4.20. The lowest BCUT2D eigenvalue weighted by molar-refractivity contribution is 0.112. The summed E-state index contributed by atoms with van der Waals surface area (Å²) < 4.78 is 5.50. The molecule has 1 aromatic rings. The number of anilines is 1. The molecule has 2 heterocycles. The van der Waals surface area contributed by atoms with Crippen molar-refractivity contribution >= 4 is 5.82 Å². The van der Waals surface area contributed by atoms with E-state index in [1.165, 1.54) is 0 Å². The first-order chi connectivity index (χ1) is 5.88. The van der Waals surface area contributed by atoms with Crippen molar-refractivity contribution in [2.75, 3.05) is 12.3 Å². The minimum absolute atomic E-state index is 0.179. The molecule has 1 fully saturated rings. The Kier molecular flexibility index (Phi) is 1.96. The van der Waals surface area contributed by atoms with Crippen molar-refractivity contribution in [3.63, 3.8) is 0 Å². The summed E-state index contributed by atoms with van der Waals surface area (Å²) in [7, 11) is 0. The molecule has 0 radical (unpaired) electrons. The summed E-state index contributed by atoms with van der Waals surface area (Å²) in [4.78, 5) is 4.02. The van der Waals surface area contributed by atoms with E-state index in [9.17, 15) is 0 Å². The van der Waals surface area contributed by atoms with Crippen LogP contribution in [-0.4, -0.2) is 11.6 Å². The summed E-state index contributed by atoms with van der Waals surface area (Å²) in [6, 6.07) is 3.88. The van der Waals surface area contributed by atoms with Gasteiger partial charge >= 0.3 is 0 Å². The quantitative estimate of drug-likeness (QED) is 0.684. The van der Waals surface area contributed by atoms with Crippen LogP contribution in [-0.2, 0) is 4.74 Å². The van der Waals surface area contributed by atoms with Crippen molar-refractivity contribution in [3.05, 3.63) is 23.9 Å². The zero-order valence-corrected chi connectivity index (χ0v) is 6.86. The molecule has 3 nitrogen and oxygen atoms in total. The first-order valence-corrected chi connectivity index (χ1v) is 4.20. The second-order valence-corrected chi connectivity index (χ2v) is 2.98. The molecule has 64 valence electrons. The third-order valence-electron chi connectivity index (χ3n) is 2.15. The van der Waals surface area contributed by atoms with Crippen LogP contribution in [0.5, 0.6) is 0 Å². The van der Waals surface area contributed by atoms with Gasteiger partial charge in [-0.2, -0.15) is 0 Å². The number of hydrogen-bond acceptors (Lipinski definition) is 3. The van der Waals surface area contributed by atoms with Crippen molar-refractivity contribution in [1.29, 1.82) is 0 Å². The van der Waals surface area contributed by atoms with Gasteiger partial charge in [-0.15, -0.1) is 0 Å². The molecule has 12 heavy (non-hydrogen) atoms. The van der Waals surface area contributed by atoms with Gasteiger partial charge in [0.15, 0.2) is 0 Å². The monoisotopic (exact) mass is 164 g/mol. The van der Waals surface area contributed by atoms with Crippen molar-refractivity contribution < 1.29 is 4.74 Å². The van der Waals surface area contributed by atoms with Crippen LogP contribution in [0.1, 0.15) is 24.5 Å². The topological polar surface area (TPSA) is 48.1 Å². The molecule has 0 amide bonds. The Labute approximate surface area is 71.6 Å². The molecule has 1 atom stereocenters. The summed E-state index contributed by atoms with van der Waals surface area (Å²) in [6.07, 6.45) is 4.07. The fraction of sp³-hybridized carbons (Fsp3) is 0.444. The van der Waals surface area contributed by atoms with E-state index in [4.69, 9.17) is 10.5 Å². The third kappa shape index (κ3) is 1.28. The predicted molar refractivity (Wildman–Crippen MR) is 46.6 cm³/mol. The second-order valence-electron chi connectivity index (χ2n) is 2.98. The predicted octanol–water partition coefficient (Wildman–Crippen LogP) is 1.52. The van der Waals surface area contributed by atoms with Gasteiger partial charge in [-0.05, 0) is 18.9 Å². The molecule has 1 unspecified atom stereocenters. The first kappa shape index (κ1) is 7.55. The lowest BCUT2D eigenvalue weighted by Gasteiger charge is -2.10. The van der Waals surface area contributed by atoms with Crippen LogP contribution in [0.2, 0.25) is 0 Å². The molecular formula is C9H12N2O. The van der Waals surface area contributed by atoms with Gasteiger partial charge in [-0.25, -0.2) is 4.98 Å². The van der Waals surface area contributed by atoms with Crippen LogP contribution < -0.4 is 5.73 Å². The molecule has 1 aliphatic heterocycles. The molecule has 3 heteroatoms. The van der Waals surface area contributed by atoms with Crippen LogP contribution >= 0.6 is 0 Å². The summed E-state index contributed by atoms with van der Waals surface area (Å²) in [5.74, 6) is 0.601. The smallest absolute Gasteiger partial charge is 0.129 e. The number of aromatic nitrogens is 1. The molecule has 0 bridgehead atoms. The lowest BCUT2D eigenvalue weighted by atomic mass is 10.1. The molecule has 1 aliphatic rings. The van der Waals surface area contributed by atoms with Gasteiger partial charge in [0.25, 0.3) is 0 Å². The van der Waals surface area contributed by atoms with Crippen molar-refractivity contribution in [3.8, 4) is 0 Å². The van der Waals surface area contributed by atoms with Gasteiger partial charge in [-0.3, -0.25) is 0 Å². The fourth-order valence-electron chi connectivity index (χ4n) is 1.53. The maximum absolute atomic E-state index is 5.71. The van der Waals surface area contributed by atoms with Crippen LogP contribution in [0.15, 0.2) is 18.3 Å². The molecule has 1 saturated heterocycles. The standard InChI is InChI=1S/C9H12N2O/c10-9-7(3-1-5-11-9)8-4-2-6-12-8/h1,3,5,8H,2,4,6H2,(H2,10,11). The van der Waals surface area contributed by atoms with E-state index < -0.39 is 0 Å². The maximum Gasteiger partial charge on any atom is 0.129 e. The number of ether oxygens (including phenoxy) is 1. The van der Waals surface area contributed by atoms with Crippen LogP contribution in [0.4, 0.5) is 5.82 Å². The maximum atomic E-state index is 5.71. The average Bonchev–Trinajstić information content (AvgIpc) is 2.57. The highest BCUT2D eigenvalue weighted by Gasteiger charge is 2.19. The zero-order chi connectivity index (χ0) is 8.39. The zero-order valence-electron chi connectivity index (χ0n) is 6.86. The van der Waals surface area contributed by atoms with Gasteiger partial charge in [0.1, 0.15) is 5.82 Å². The van der Waals surface area contributed by atoms with Gasteiger partial charge in [0, 0.05) is 18.4 Å². The number of nitrogens with two attached hydrogens (primary N) is 1. The summed E-state index contributed by atoms with van der Waals surface area (Å²) >= 11 is 0. The summed E-state index contributed by atoms with van der Waals surface area (Å²) in [5.41, 5.74) is 6.75. The lowest BCUT2D eigenvalue weighted by Crippen LogP contribution is -2.02. The van der Waals surface area contributed by atoms with Gasteiger partial charge in [0.05, 0.1) is 6.10 Å². The number of rotatable bonds is 1. The molecule has 0 spiro atoms. The van der Waals surface area contributed by atoms with E-state index in [0.717, 1.165) is 25.0 Å². The fourth-order valence-corrected chi connectivity index (χ4v) is 1.53. The molecule has 2 rings (SSSR count). The highest BCUT2D eigenvalue weighted by molar-refractivity contribution is 5.40. The van der Waals surface area contributed by atoms with E-state index in [1.807, 2.05) is 12.1 Å². The van der Waals surface area contributed by atoms with E-state index >= 15 is 0 Å². The van der Waals surface area contributed by atoms with Gasteiger partial charge in [-0.1, -0.05) is 6.07 Å². The number of nitrogens with zero attached hydrogens (tertiary/aromatic N) is 1. The normalized spacial score (nSPS) is 22.8. The Morgan fingerprint density at radius 2 is 2.50 bits per heavy atom. The Morgan fingerprint density at radius 3 is 3.17 bits per heavy atom. The molecule has 0 aliphatic carbocycles.